The molecule has 1 aromatic rings. The van der Waals surface area contributed by atoms with Crippen LogP contribution in [0.25, 0.3) is 0 Å². The molecule has 0 aliphatic carbocycles. The minimum absolute atomic E-state index is 0.119. The fourth-order valence-corrected chi connectivity index (χ4v) is 2.10. The van der Waals surface area contributed by atoms with E-state index < -0.39 is 5.97 Å². The highest BCUT2D eigenvalue weighted by atomic mass is 16.5. The average Bonchev–Trinajstić information content (AvgIpc) is 2.50. The molecule has 0 unspecified atom stereocenters. The van der Waals surface area contributed by atoms with Crippen molar-refractivity contribution < 1.29 is 23.9 Å². The number of unbranched alkanes of at least 4 members (excludes halogenated alkanes) is 1. The van der Waals surface area contributed by atoms with E-state index in [1.54, 1.807) is 18.2 Å². The van der Waals surface area contributed by atoms with E-state index in [4.69, 9.17) is 9.47 Å². The summed E-state index contributed by atoms with van der Waals surface area (Å²) in [4.78, 5) is 36.6. The Kier molecular flexibility index (Phi) is 5.14. The summed E-state index contributed by atoms with van der Waals surface area (Å²) < 4.78 is 10.4. The normalized spacial score (nSPS) is 13.4. The number of Topliss-reactive ketones (excluding diaryl/α,β-unsaturated/α-hetero) is 1. The number of esters is 1. The van der Waals surface area contributed by atoms with E-state index in [0.29, 0.717) is 23.6 Å². The van der Waals surface area contributed by atoms with Crippen molar-refractivity contribution in [2.75, 3.05) is 24.7 Å². The standard InChI is InChI=1S/C16H19NO5/c1-3-4-7-21-16(20)9-17-13-8-12(11(2)18)5-6-14(13)22-10-15(17)19/h5-6,8H,3-4,7,9-10H2,1-2H3. The van der Waals surface area contributed by atoms with Crippen LogP contribution in [0.4, 0.5) is 5.69 Å². The molecular weight excluding hydrogens is 286 g/mol. The van der Waals surface area contributed by atoms with Gasteiger partial charge in [-0.3, -0.25) is 19.3 Å². The molecular formula is C16H19NO5. The maximum absolute atomic E-state index is 12.0. The quantitative estimate of drug-likeness (QED) is 0.456. The van der Waals surface area contributed by atoms with Crippen LogP contribution in [0.15, 0.2) is 18.2 Å². The van der Waals surface area contributed by atoms with Crippen molar-refractivity contribution in [2.45, 2.75) is 26.7 Å². The SMILES string of the molecule is CCCCOC(=O)CN1C(=O)COc2ccc(C(C)=O)cc21. The molecule has 0 N–H and O–H groups in total. The van der Waals surface area contributed by atoms with Crippen molar-refractivity contribution in [1.82, 2.24) is 0 Å². The summed E-state index contributed by atoms with van der Waals surface area (Å²) in [6, 6.07) is 4.83. The van der Waals surface area contributed by atoms with Crippen molar-refractivity contribution in [3.8, 4) is 5.75 Å². The van der Waals surface area contributed by atoms with Crippen LogP contribution in [0, 0.1) is 0 Å². The zero-order chi connectivity index (χ0) is 16.1. The number of ether oxygens (including phenoxy) is 2. The van der Waals surface area contributed by atoms with E-state index in [0.717, 1.165) is 12.8 Å². The summed E-state index contributed by atoms with van der Waals surface area (Å²) >= 11 is 0. The van der Waals surface area contributed by atoms with E-state index in [1.807, 2.05) is 6.92 Å². The highest BCUT2D eigenvalue weighted by molar-refractivity contribution is 6.03. The number of benzene rings is 1. The van der Waals surface area contributed by atoms with Crippen molar-refractivity contribution in [1.29, 1.82) is 0 Å². The smallest absolute Gasteiger partial charge is 0.326 e. The lowest BCUT2D eigenvalue weighted by Gasteiger charge is -2.28. The molecule has 1 heterocycles. The minimum Gasteiger partial charge on any atom is -0.482 e. The van der Waals surface area contributed by atoms with Crippen molar-refractivity contribution in [2.24, 2.45) is 0 Å². The fraction of sp³-hybridized carbons (Fsp3) is 0.438. The summed E-state index contributed by atoms with van der Waals surface area (Å²) in [5.74, 6) is -0.444. The third-order valence-electron chi connectivity index (χ3n) is 3.36. The Morgan fingerprint density at radius 3 is 2.82 bits per heavy atom. The highest BCUT2D eigenvalue weighted by Gasteiger charge is 2.28. The van der Waals surface area contributed by atoms with Crippen LogP contribution in [-0.4, -0.2) is 37.4 Å². The molecule has 1 aliphatic rings. The van der Waals surface area contributed by atoms with E-state index in [-0.39, 0.29) is 24.8 Å². The summed E-state index contributed by atoms with van der Waals surface area (Å²) in [6.07, 6.45) is 1.71. The number of nitrogens with zero attached hydrogens (tertiary/aromatic N) is 1. The van der Waals surface area contributed by atoms with Gasteiger partial charge in [0.25, 0.3) is 5.91 Å². The minimum atomic E-state index is -0.470. The maximum atomic E-state index is 12.0. The molecule has 0 saturated carbocycles. The second-order valence-electron chi connectivity index (χ2n) is 5.08. The Balaban J connectivity index is 2.17. The van der Waals surface area contributed by atoms with Crippen LogP contribution in [0.1, 0.15) is 37.0 Å². The lowest BCUT2D eigenvalue weighted by Crippen LogP contribution is -2.42. The first-order valence-electron chi connectivity index (χ1n) is 7.26. The van der Waals surface area contributed by atoms with Gasteiger partial charge in [-0.1, -0.05) is 13.3 Å². The summed E-state index contributed by atoms with van der Waals surface area (Å²) in [5.41, 5.74) is 0.887. The summed E-state index contributed by atoms with van der Waals surface area (Å²) in [5, 5.41) is 0. The molecule has 0 radical (unpaired) electrons. The molecule has 0 bridgehead atoms. The Morgan fingerprint density at radius 1 is 1.36 bits per heavy atom. The first kappa shape index (κ1) is 16.0. The average molecular weight is 305 g/mol. The van der Waals surface area contributed by atoms with Gasteiger partial charge in [0.05, 0.1) is 12.3 Å². The maximum Gasteiger partial charge on any atom is 0.326 e. The third kappa shape index (κ3) is 3.63. The Morgan fingerprint density at radius 2 is 2.14 bits per heavy atom. The molecule has 6 nitrogen and oxygen atoms in total. The van der Waals surface area contributed by atoms with Crippen molar-refractivity contribution >= 4 is 23.3 Å². The van der Waals surface area contributed by atoms with Gasteiger partial charge in [-0.25, -0.2) is 0 Å². The van der Waals surface area contributed by atoms with Gasteiger partial charge in [-0.05, 0) is 31.5 Å². The largest absolute Gasteiger partial charge is 0.482 e. The molecule has 1 aromatic carbocycles. The van der Waals surface area contributed by atoms with Gasteiger partial charge < -0.3 is 9.47 Å². The molecule has 1 amide bonds. The van der Waals surface area contributed by atoms with Gasteiger partial charge >= 0.3 is 5.97 Å². The number of rotatable bonds is 6. The van der Waals surface area contributed by atoms with Crippen LogP contribution < -0.4 is 9.64 Å². The molecule has 0 fully saturated rings. The molecule has 6 heteroatoms. The van der Waals surface area contributed by atoms with Crippen molar-refractivity contribution in [3.05, 3.63) is 23.8 Å². The monoisotopic (exact) mass is 305 g/mol. The van der Waals surface area contributed by atoms with E-state index in [1.165, 1.54) is 11.8 Å². The second-order valence-corrected chi connectivity index (χ2v) is 5.08. The lowest BCUT2D eigenvalue weighted by molar-refractivity contribution is -0.143. The Labute approximate surface area is 129 Å². The summed E-state index contributed by atoms with van der Waals surface area (Å²) in [6.45, 7) is 3.47. The number of carbonyl (C=O) groups excluding carboxylic acids is 3. The topological polar surface area (TPSA) is 72.9 Å². The van der Waals surface area contributed by atoms with E-state index >= 15 is 0 Å². The van der Waals surface area contributed by atoms with Gasteiger partial charge in [0.2, 0.25) is 0 Å². The molecule has 22 heavy (non-hydrogen) atoms. The molecule has 0 saturated heterocycles. The predicted molar refractivity (Wildman–Crippen MR) is 80.2 cm³/mol. The number of hydrogen-bond donors (Lipinski definition) is 0. The van der Waals surface area contributed by atoms with Crippen LogP contribution in [-0.2, 0) is 14.3 Å². The first-order chi connectivity index (χ1) is 10.5. The van der Waals surface area contributed by atoms with Crippen LogP contribution in [0.5, 0.6) is 5.75 Å². The first-order valence-corrected chi connectivity index (χ1v) is 7.26. The molecule has 0 atom stereocenters. The predicted octanol–water partition coefficient (Wildman–Crippen LogP) is 1.96. The number of amides is 1. The molecule has 118 valence electrons. The van der Waals surface area contributed by atoms with Gasteiger partial charge in [-0.2, -0.15) is 0 Å². The summed E-state index contributed by atoms with van der Waals surface area (Å²) in [7, 11) is 0. The van der Waals surface area contributed by atoms with E-state index in [2.05, 4.69) is 0 Å². The Bertz CT molecular complexity index is 596. The van der Waals surface area contributed by atoms with E-state index in [9.17, 15) is 14.4 Å². The van der Waals surface area contributed by atoms with Crippen LogP contribution in [0.2, 0.25) is 0 Å². The van der Waals surface area contributed by atoms with Crippen LogP contribution in [0.3, 0.4) is 0 Å². The number of hydrogen-bond acceptors (Lipinski definition) is 5. The second kappa shape index (κ2) is 7.06. The number of fused-ring (bicyclic) bond motifs is 1. The Hall–Kier alpha value is -2.37. The van der Waals surface area contributed by atoms with Crippen molar-refractivity contribution in [3.63, 3.8) is 0 Å². The van der Waals surface area contributed by atoms with Gasteiger partial charge in [0.1, 0.15) is 12.3 Å². The fourth-order valence-electron chi connectivity index (χ4n) is 2.10. The number of anilines is 1. The van der Waals surface area contributed by atoms with Gasteiger partial charge in [0.15, 0.2) is 12.4 Å². The van der Waals surface area contributed by atoms with Crippen LogP contribution >= 0.6 is 0 Å². The molecule has 1 aliphatic heterocycles. The molecule has 0 spiro atoms. The zero-order valence-corrected chi connectivity index (χ0v) is 12.8. The number of ketones is 1. The molecule has 0 aromatic heterocycles. The van der Waals surface area contributed by atoms with Gasteiger partial charge in [-0.15, -0.1) is 0 Å². The van der Waals surface area contributed by atoms with Gasteiger partial charge in [0, 0.05) is 5.56 Å². The number of carbonyl (C=O) groups is 3. The highest BCUT2D eigenvalue weighted by Crippen LogP contribution is 2.33. The lowest BCUT2D eigenvalue weighted by atomic mass is 10.1. The molecule has 2 rings (SSSR count). The third-order valence-corrected chi connectivity index (χ3v) is 3.36. The zero-order valence-electron chi connectivity index (χ0n) is 12.8.